The Labute approximate surface area is 179 Å². The number of halogens is 2. The molecule has 0 atom stereocenters. The molecule has 0 unspecified atom stereocenters. The number of carbonyl (C=O) groups is 1. The normalized spacial score (nSPS) is 18.9. The van der Waals surface area contributed by atoms with Crippen molar-refractivity contribution in [1.82, 2.24) is 24.9 Å². The zero-order chi connectivity index (χ0) is 22.0. The number of pyridine rings is 1. The number of alkyl halides is 2. The molecule has 1 saturated carbocycles. The van der Waals surface area contributed by atoms with Crippen LogP contribution in [0.4, 0.5) is 13.6 Å². The van der Waals surface area contributed by atoms with E-state index in [1.54, 1.807) is 7.05 Å². The number of nitrogens with zero attached hydrogens (tertiary/aromatic N) is 5. The first-order valence-electron chi connectivity index (χ1n) is 10.7. The van der Waals surface area contributed by atoms with E-state index in [-0.39, 0.29) is 25.7 Å². The van der Waals surface area contributed by atoms with Crippen LogP contribution < -0.4 is 4.74 Å². The number of amides is 1. The molecule has 31 heavy (non-hydrogen) atoms. The number of hydrogen-bond acceptors (Lipinski definition) is 6. The van der Waals surface area contributed by atoms with E-state index in [4.69, 9.17) is 9.47 Å². The minimum absolute atomic E-state index is 0.0223. The van der Waals surface area contributed by atoms with Gasteiger partial charge >= 0.3 is 6.09 Å². The summed E-state index contributed by atoms with van der Waals surface area (Å²) in [6.07, 6.45) is 4.86. The molecular weight excluding hydrogens is 408 g/mol. The lowest BCUT2D eigenvalue weighted by atomic mass is 9.98. The smallest absolute Gasteiger partial charge is 0.410 e. The molecule has 0 bridgehead atoms. The van der Waals surface area contributed by atoms with E-state index in [2.05, 4.69) is 15.3 Å². The second kappa shape index (κ2) is 8.76. The number of rotatable bonds is 5. The van der Waals surface area contributed by atoms with Crippen molar-refractivity contribution in [1.29, 1.82) is 0 Å². The summed E-state index contributed by atoms with van der Waals surface area (Å²) >= 11 is 0. The Morgan fingerprint density at radius 3 is 2.71 bits per heavy atom. The van der Waals surface area contributed by atoms with E-state index in [0.29, 0.717) is 17.1 Å². The van der Waals surface area contributed by atoms with Gasteiger partial charge < -0.3 is 14.4 Å². The summed E-state index contributed by atoms with van der Waals surface area (Å²) in [6, 6.07) is 3.69. The zero-order valence-corrected chi connectivity index (χ0v) is 17.8. The summed E-state index contributed by atoms with van der Waals surface area (Å²) in [5.41, 5.74) is 2.35. The largest absolute Gasteiger partial charge is 0.489 e. The average molecular weight is 435 g/mol. The molecule has 2 aliphatic rings. The fourth-order valence-electron chi connectivity index (χ4n) is 4.02. The van der Waals surface area contributed by atoms with Gasteiger partial charge in [0.25, 0.3) is 5.92 Å². The maximum Gasteiger partial charge on any atom is 0.410 e. The molecule has 2 aromatic rings. The van der Waals surface area contributed by atoms with Crippen molar-refractivity contribution >= 4 is 6.09 Å². The van der Waals surface area contributed by atoms with Crippen LogP contribution >= 0.6 is 0 Å². The van der Waals surface area contributed by atoms with Gasteiger partial charge in [-0.25, -0.2) is 23.2 Å². The van der Waals surface area contributed by atoms with Crippen molar-refractivity contribution < 1.29 is 23.0 Å². The van der Waals surface area contributed by atoms with Crippen LogP contribution in [0.2, 0.25) is 0 Å². The fraction of sp³-hybridized carbons (Fsp3) is 0.619. The van der Waals surface area contributed by atoms with Gasteiger partial charge in [-0.3, -0.25) is 0 Å². The quantitative estimate of drug-likeness (QED) is 0.709. The SMILES string of the molecule is Cc1nc(-c2nnn(C)c2COC(=O)N2CCC(F)(F)C2)ccc1OC1CCCCC1. The lowest BCUT2D eigenvalue weighted by Gasteiger charge is -2.23. The predicted octanol–water partition coefficient (Wildman–Crippen LogP) is 3.87. The molecule has 1 aliphatic carbocycles. The molecule has 2 aromatic heterocycles. The van der Waals surface area contributed by atoms with E-state index < -0.39 is 18.6 Å². The zero-order valence-electron chi connectivity index (χ0n) is 17.8. The van der Waals surface area contributed by atoms with Crippen molar-refractivity contribution in [3.8, 4) is 17.1 Å². The summed E-state index contributed by atoms with van der Waals surface area (Å²) in [4.78, 5) is 17.8. The van der Waals surface area contributed by atoms with Crippen LogP contribution in [0.25, 0.3) is 11.4 Å². The molecule has 8 nitrogen and oxygen atoms in total. The monoisotopic (exact) mass is 435 g/mol. The highest BCUT2D eigenvalue weighted by Gasteiger charge is 2.41. The van der Waals surface area contributed by atoms with Crippen molar-refractivity contribution in [3.05, 3.63) is 23.5 Å². The molecule has 0 N–H and O–H groups in total. The van der Waals surface area contributed by atoms with Crippen molar-refractivity contribution in [3.63, 3.8) is 0 Å². The third-order valence-electron chi connectivity index (χ3n) is 5.83. The summed E-state index contributed by atoms with van der Waals surface area (Å²) in [5, 5.41) is 8.16. The molecule has 1 amide bonds. The maximum atomic E-state index is 13.3. The Morgan fingerprint density at radius 2 is 2.03 bits per heavy atom. The van der Waals surface area contributed by atoms with E-state index >= 15 is 0 Å². The minimum atomic E-state index is -2.86. The molecule has 0 spiro atoms. The number of carbonyl (C=O) groups excluding carboxylic acids is 1. The number of aryl methyl sites for hydroxylation is 2. The van der Waals surface area contributed by atoms with Gasteiger partial charge in [0.1, 0.15) is 23.7 Å². The summed E-state index contributed by atoms with van der Waals surface area (Å²) in [6.45, 7) is 1.10. The van der Waals surface area contributed by atoms with E-state index in [1.165, 1.54) is 23.9 Å². The third kappa shape index (κ3) is 4.94. The average Bonchev–Trinajstić information content (AvgIpc) is 3.30. The Kier molecular flexibility index (Phi) is 6.06. The maximum absolute atomic E-state index is 13.3. The first-order valence-corrected chi connectivity index (χ1v) is 10.7. The van der Waals surface area contributed by atoms with Gasteiger partial charge in [-0.05, 0) is 44.7 Å². The van der Waals surface area contributed by atoms with Gasteiger partial charge in [-0.1, -0.05) is 11.6 Å². The van der Waals surface area contributed by atoms with E-state index in [0.717, 1.165) is 29.2 Å². The minimum Gasteiger partial charge on any atom is -0.489 e. The van der Waals surface area contributed by atoms with Gasteiger partial charge in [-0.15, -0.1) is 5.10 Å². The highest BCUT2D eigenvalue weighted by atomic mass is 19.3. The topological polar surface area (TPSA) is 82.4 Å². The Morgan fingerprint density at radius 1 is 1.26 bits per heavy atom. The molecule has 0 radical (unpaired) electrons. The first kappa shape index (κ1) is 21.5. The molecular formula is C21H27F2N5O3. The molecule has 1 aliphatic heterocycles. The van der Waals surface area contributed by atoms with E-state index in [9.17, 15) is 13.6 Å². The first-order chi connectivity index (χ1) is 14.8. The molecule has 4 rings (SSSR count). The van der Waals surface area contributed by atoms with Crippen LogP contribution in [-0.2, 0) is 18.4 Å². The van der Waals surface area contributed by atoms with Gasteiger partial charge in [0.15, 0.2) is 0 Å². The second-order valence-electron chi connectivity index (χ2n) is 8.25. The molecule has 168 valence electrons. The Balaban J connectivity index is 1.44. The van der Waals surface area contributed by atoms with Gasteiger partial charge in [0.05, 0.1) is 24.0 Å². The molecule has 2 fully saturated rings. The molecule has 3 heterocycles. The predicted molar refractivity (Wildman–Crippen MR) is 108 cm³/mol. The lowest BCUT2D eigenvalue weighted by Crippen LogP contribution is -2.32. The van der Waals surface area contributed by atoms with Gasteiger partial charge in [0, 0.05) is 20.0 Å². The van der Waals surface area contributed by atoms with Gasteiger partial charge in [0.2, 0.25) is 0 Å². The van der Waals surface area contributed by atoms with Crippen LogP contribution in [0.3, 0.4) is 0 Å². The van der Waals surface area contributed by atoms with Crippen LogP contribution in [0, 0.1) is 6.92 Å². The highest BCUT2D eigenvalue weighted by Crippen LogP contribution is 2.29. The lowest BCUT2D eigenvalue weighted by molar-refractivity contribution is 0.0101. The molecule has 1 saturated heterocycles. The van der Waals surface area contributed by atoms with Crippen molar-refractivity contribution in [2.45, 2.75) is 64.1 Å². The summed E-state index contributed by atoms with van der Waals surface area (Å²) in [5.74, 6) is -2.11. The van der Waals surface area contributed by atoms with Crippen LogP contribution in [-0.4, -0.2) is 56.1 Å². The second-order valence-corrected chi connectivity index (χ2v) is 8.25. The number of likely N-dealkylation sites (tertiary alicyclic amines) is 1. The number of ether oxygens (including phenoxy) is 2. The summed E-state index contributed by atoms with van der Waals surface area (Å²) in [7, 11) is 1.68. The van der Waals surface area contributed by atoms with Crippen LogP contribution in [0.15, 0.2) is 12.1 Å². The molecule has 10 heteroatoms. The van der Waals surface area contributed by atoms with Crippen LogP contribution in [0.5, 0.6) is 5.75 Å². The fourth-order valence-corrected chi connectivity index (χ4v) is 4.02. The molecule has 0 aromatic carbocycles. The Bertz CT molecular complexity index is 943. The third-order valence-corrected chi connectivity index (χ3v) is 5.83. The van der Waals surface area contributed by atoms with Crippen molar-refractivity contribution in [2.24, 2.45) is 7.05 Å². The Hall–Kier alpha value is -2.78. The summed E-state index contributed by atoms with van der Waals surface area (Å²) < 4.78 is 39.6. The van der Waals surface area contributed by atoms with E-state index in [1.807, 2.05) is 19.1 Å². The highest BCUT2D eigenvalue weighted by molar-refractivity contribution is 5.68. The van der Waals surface area contributed by atoms with Crippen LogP contribution in [0.1, 0.15) is 49.9 Å². The number of hydrogen-bond donors (Lipinski definition) is 0. The van der Waals surface area contributed by atoms with Crippen molar-refractivity contribution in [2.75, 3.05) is 13.1 Å². The number of aromatic nitrogens is 4. The van der Waals surface area contributed by atoms with Gasteiger partial charge in [-0.2, -0.15) is 0 Å². The standard InChI is InChI=1S/C21H27F2N5O3/c1-14-18(31-15-6-4-3-5-7-15)9-8-16(24-14)19-17(27(2)26-25-19)12-30-20(29)28-11-10-21(22,23)13-28/h8-9,15H,3-7,10-13H2,1-2H3.